The minimum absolute atomic E-state index is 0.129. The highest BCUT2D eigenvalue weighted by Crippen LogP contribution is 2.29. The lowest BCUT2D eigenvalue weighted by atomic mass is 10.1. The van der Waals surface area contributed by atoms with Crippen molar-refractivity contribution in [1.82, 2.24) is 10.9 Å². The first-order valence-electron chi connectivity index (χ1n) is 5.48. The van der Waals surface area contributed by atoms with E-state index in [1.54, 1.807) is 0 Å². The first kappa shape index (κ1) is 10.9. The molecule has 3 rings (SSSR count). The van der Waals surface area contributed by atoms with E-state index < -0.39 is 0 Å². The summed E-state index contributed by atoms with van der Waals surface area (Å²) in [5.41, 5.74) is 12.9. The molecule has 2 aromatic rings. The average Bonchev–Trinajstić information content (AvgIpc) is 2.69. The topological polar surface area (TPSA) is 53.3 Å². The molecule has 2 atom stereocenters. The summed E-state index contributed by atoms with van der Waals surface area (Å²) in [5, 5.41) is 2.37. The van der Waals surface area contributed by atoms with Crippen LogP contribution in [0.2, 0.25) is 0 Å². The van der Waals surface area contributed by atoms with Gasteiger partial charge >= 0.3 is 0 Å². The van der Waals surface area contributed by atoms with Crippen molar-refractivity contribution >= 4 is 29.1 Å². The Labute approximate surface area is 105 Å². The Morgan fingerprint density at radius 1 is 1.06 bits per heavy atom. The fourth-order valence-corrected chi connectivity index (χ4v) is 2.51. The van der Waals surface area contributed by atoms with E-state index in [4.69, 9.17) is 5.73 Å². The molecule has 5 heteroatoms. The van der Waals surface area contributed by atoms with Crippen LogP contribution in [-0.4, -0.2) is 11.8 Å². The van der Waals surface area contributed by atoms with Gasteiger partial charge in [-0.1, -0.05) is 36.4 Å². The Hall–Kier alpha value is -1.27. The smallest absolute Gasteiger partial charge is 0.147 e. The van der Waals surface area contributed by atoms with Crippen LogP contribution in [0.1, 0.15) is 0 Å². The molecule has 4 N–H and O–H groups in total. The zero-order chi connectivity index (χ0) is 11.8. The maximum absolute atomic E-state index is 6.00. The van der Waals surface area contributed by atoms with E-state index in [9.17, 15) is 0 Å². The van der Waals surface area contributed by atoms with Gasteiger partial charge in [0.25, 0.3) is 0 Å². The molecule has 88 valence electrons. The monoisotopic (exact) mass is 246 g/mol. The molecule has 1 saturated heterocycles. The number of nitrogens with zero attached hydrogens (tertiary/aromatic N) is 1. The van der Waals surface area contributed by atoms with Gasteiger partial charge in [0, 0.05) is 11.1 Å². The van der Waals surface area contributed by atoms with Gasteiger partial charge in [-0.25, -0.2) is 10.9 Å². The van der Waals surface area contributed by atoms with Gasteiger partial charge < -0.3 is 4.90 Å². The normalized spacial score (nSPS) is 24.5. The molecule has 4 nitrogen and oxygen atoms in total. The van der Waals surface area contributed by atoms with Crippen molar-refractivity contribution in [1.29, 1.82) is 0 Å². The standard InChI is InChI=1S/C12H14N4S/c13-11-14-15-12(17)16(11)10-7-3-5-8-4-1-2-6-9(8)10/h1-7,11-12,14-15,17H,13H2. The Kier molecular flexibility index (Phi) is 2.68. The molecule has 0 aromatic heterocycles. The molecule has 2 unspecified atom stereocenters. The van der Waals surface area contributed by atoms with Crippen LogP contribution in [0.25, 0.3) is 10.8 Å². The minimum atomic E-state index is -0.275. The molecule has 1 fully saturated rings. The van der Waals surface area contributed by atoms with E-state index in [1.807, 2.05) is 23.1 Å². The fourth-order valence-electron chi connectivity index (χ4n) is 2.17. The van der Waals surface area contributed by atoms with Crippen LogP contribution in [0.4, 0.5) is 5.69 Å². The second-order valence-electron chi connectivity index (χ2n) is 4.01. The minimum Gasteiger partial charge on any atom is -0.316 e. The fraction of sp³-hybridized carbons (Fsp3) is 0.167. The summed E-state index contributed by atoms with van der Waals surface area (Å²) in [6, 6.07) is 14.4. The second-order valence-corrected chi connectivity index (χ2v) is 4.50. The average molecular weight is 246 g/mol. The van der Waals surface area contributed by atoms with Gasteiger partial charge in [0.2, 0.25) is 0 Å². The van der Waals surface area contributed by atoms with Gasteiger partial charge in [0.15, 0.2) is 0 Å². The van der Waals surface area contributed by atoms with Crippen LogP contribution in [0.5, 0.6) is 0 Å². The van der Waals surface area contributed by atoms with Crippen molar-refractivity contribution in [2.45, 2.75) is 11.8 Å². The van der Waals surface area contributed by atoms with Crippen molar-refractivity contribution in [3.05, 3.63) is 42.5 Å². The van der Waals surface area contributed by atoms with E-state index >= 15 is 0 Å². The molecule has 0 spiro atoms. The van der Waals surface area contributed by atoms with E-state index in [0.717, 1.165) is 5.69 Å². The van der Waals surface area contributed by atoms with Crippen LogP contribution in [0.15, 0.2) is 42.5 Å². The summed E-state index contributed by atoms with van der Waals surface area (Å²) in [5.74, 6) is 0. The molecule has 1 aliphatic rings. The highest BCUT2D eigenvalue weighted by molar-refractivity contribution is 7.81. The lowest BCUT2D eigenvalue weighted by Crippen LogP contribution is -2.45. The lowest BCUT2D eigenvalue weighted by Gasteiger charge is -2.26. The summed E-state index contributed by atoms with van der Waals surface area (Å²) in [6.07, 6.45) is -0.275. The number of fused-ring (bicyclic) bond motifs is 1. The quantitative estimate of drug-likeness (QED) is 0.571. The number of anilines is 1. The Balaban J connectivity index is 2.17. The first-order chi connectivity index (χ1) is 8.27. The number of nitrogens with one attached hydrogen (secondary N) is 2. The predicted molar refractivity (Wildman–Crippen MR) is 73.4 cm³/mol. The van der Waals surface area contributed by atoms with Crippen LogP contribution in [0, 0.1) is 0 Å². The highest BCUT2D eigenvalue weighted by atomic mass is 32.1. The van der Waals surface area contributed by atoms with Gasteiger partial charge in [-0.05, 0) is 11.5 Å². The van der Waals surface area contributed by atoms with E-state index in [2.05, 4.69) is 47.7 Å². The molecule has 0 aliphatic carbocycles. The Morgan fingerprint density at radius 3 is 2.59 bits per heavy atom. The summed E-state index contributed by atoms with van der Waals surface area (Å²) >= 11 is 4.46. The summed E-state index contributed by atoms with van der Waals surface area (Å²) < 4.78 is 0. The number of thiol groups is 1. The zero-order valence-corrected chi connectivity index (χ0v) is 10.1. The molecule has 0 radical (unpaired) electrons. The molecule has 0 amide bonds. The Morgan fingerprint density at radius 2 is 1.82 bits per heavy atom. The predicted octanol–water partition coefficient (Wildman–Crippen LogP) is 1.21. The summed E-state index contributed by atoms with van der Waals surface area (Å²) in [6.45, 7) is 0. The van der Waals surface area contributed by atoms with Gasteiger partial charge in [0.1, 0.15) is 11.8 Å². The van der Waals surface area contributed by atoms with Crippen LogP contribution >= 0.6 is 12.6 Å². The first-order valence-corrected chi connectivity index (χ1v) is 6.00. The number of rotatable bonds is 1. The van der Waals surface area contributed by atoms with Gasteiger partial charge in [-0.3, -0.25) is 5.73 Å². The third-order valence-corrected chi connectivity index (χ3v) is 3.35. The van der Waals surface area contributed by atoms with Crippen LogP contribution in [-0.2, 0) is 0 Å². The lowest BCUT2D eigenvalue weighted by molar-refractivity contribution is 0.571. The summed E-state index contributed by atoms with van der Waals surface area (Å²) in [7, 11) is 0. The number of hydrogen-bond acceptors (Lipinski definition) is 5. The molecule has 0 bridgehead atoms. The highest BCUT2D eigenvalue weighted by Gasteiger charge is 2.28. The van der Waals surface area contributed by atoms with Crippen molar-refractivity contribution < 1.29 is 0 Å². The van der Waals surface area contributed by atoms with Crippen molar-refractivity contribution in [2.24, 2.45) is 5.73 Å². The SMILES string of the molecule is NC1NNC(S)N1c1cccc2ccccc12. The number of hydrazine groups is 1. The number of benzene rings is 2. The van der Waals surface area contributed by atoms with E-state index in [0.29, 0.717) is 0 Å². The molecule has 1 heterocycles. The molecule has 2 aromatic carbocycles. The maximum Gasteiger partial charge on any atom is 0.147 e. The number of hydrogen-bond donors (Lipinski definition) is 4. The largest absolute Gasteiger partial charge is 0.316 e. The molecule has 1 aliphatic heterocycles. The third-order valence-electron chi connectivity index (χ3n) is 2.97. The molecular weight excluding hydrogens is 232 g/mol. The maximum atomic E-state index is 6.00. The van der Waals surface area contributed by atoms with Crippen LogP contribution < -0.4 is 21.5 Å². The van der Waals surface area contributed by atoms with E-state index in [1.165, 1.54) is 10.8 Å². The van der Waals surface area contributed by atoms with Crippen molar-refractivity contribution in [3.63, 3.8) is 0 Å². The van der Waals surface area contributed by atoms with Gasteiger partial charge in [-0.15, -0.1) is 12.6 Å². The third kappa shape index (κ3) is 1.77. The van der Waals surface area contributed by atoms with Crippen LogP contribution in [0.3, 0.4) is 0 Å². The van der Waals surface area contributed by atoms with Gasteiger partial charge in [-0.2, -0.15) is 0 Å². The molecule has 0 saturated carbocycles. The van der Waals surface area contributed by atoms with E-state index in [-0.39, 0.29) is 11.8 Å². The summed E-state index contributed by atoms with van der Waals surface area (Å²) in [4.78, 5) is 2.01. The molecular formula is C12H14N4S. The number of nitrogens with two attached hydrogens (primary N) is 1. The Bertz CT molecular complexity index is 530. The molecule has 17 heavy (non-hydrogen) atoms. The zero-order valence-electron chi connectivity index (χ0n) is 9.17. The van der Waals surface area contributed by atoms with Gasteiger partial charge in [0.05, 0.1) is 0 Å². The van der Waals surface area contributed by atoms with Crippen molar-refractivity contribution in [2.75, 3.05) is 4.90 Å². The van der Waals surface area contributed by atoms with Crippen molar-refractivity contribution in [3.8, 4) is 0 Å². The second kappa shape index (κ2) is 4.19.